The summed E-state index contributed by atoms with van der Waals surface area (Å²) in [6.45, 7) is 13.8. The number of carbonyl (C=O) groups is 3. The second-order valence-electron chi connectivity index (χ2n) is 13.8. The average Bonchev–Trinajstić information content (AvgIpc) is 2.86. The van der Waals surface area contributed by atoms with Gasteiger partial charge in [0, 0.05) is 25.9 Å². The van der Waals surface area contributed by atoms with Gasteiger partial charge in [-0.25, -0.2) is 0 Å². The molecular formula is C31H54O8. The van der Waals surface area contributed by atoms with E-state index in [2.05, 4.69) is 41.5 Å². The van der Waals surface area contributed by atoms with Gasteiger partial charge in [-0.1, -0.05) is 41.5 Å². The van der Waals surface area contributed by atoms with Crippen molar-refractivity contribution in [3.8, 4) is 0 Å². The smallest absolute Gasteiger partial charge is 0.308 e. The molecule has 2 atom stereocenters. The van der Waals surface area contributed by atoms with Crippen LogP contribution >= 0.6 is 0 Å². The lowest BCUT2D eigenvalue weighted by atomic mass is 9.58. The van der Waals surface area contributed by atoms with Crippen molar-refractivity contribution < 1.29 is 38.8 Å². The summed E-state index contributed by atoms with van der Waals surface area (Å²) >= 11 is 0. The molecule has 0 aromatic heterocycles. The van der Waals surface area contributed by atoms with Crippen molar-refractivity contribution in [2.75, 3.05) is 26.4 Å². The molecule has 2 fully saturated rings. The number of carbonyl (C=O) groups excluding carboxylic acids is 3. The first kappa shape index (κ1) is 33.5. The fourth-order valence-corrected chi connectivity index (χ4v) is 6.19. The second kappa shape index (κ2) is 15.4. The molecule has 2 aliphatic rings. The standard InChI is InChI=1S/C31H54O8/c1-30(2,3)24-19-21(20-25(27(24)34)31(4,5)6)9-14-26(33)37-17-8-18-39-29(36)23-12-10-22(11-13-23)28(35)38-16-7-15-32/h21-25,27,32,34H,7-20H2,1-6H3. The SMILES string of the molecule is CC(C)(C)C1CC(CCC(=O)OCCCOC(=O)C2CCC(C(=O)OCCCO)CC2)CC(C(C)(C)C)C1O. The number of ether oxygens (including phenoxy) is 3. The van der Waals surface area contributed by atoms with Gasteiger partial charge in [0.2, 0.25) is 0 Å². The number of esters is 3. The van der Waals surface area contributed by atoms with Crippen molar-refractivity contribution in [1.29, 1.82) is 0 Å². The highest BCUT2D eigenvalue weighted by molar-refractivity contribution is 5.75. The summed E-state index contributed by atoms with van der Waals surface area (Å²) in [6.07, 6.45) is 5.92. The molecule has 0 aromatic rings. The first-order valence-electron chi connectivity index (χ1n) is 15.0. The Balaban J connectivity index is 1.63. The first-order valence-corrected chi connectivity index (χ1v) is 15.0. The number of hydrogen-bond acceptors (Lipinski definition) is 8. The summed E-state index contributed by atoms with van der Waals surface area (Å²) in [6, 6.07) is 0. The fraction of sp³-hybridized carbons (Fsp3) is 0.903. The summed E-state index contributed by atoms with van der Waals surface area (Å²) in [5, 5.41) is 19.9. The third kappa shape index (κ3) is 11.0. The van der Waals surface area contributed by atoms with Gasteiger partial charge in [-0.3, -0.25) is 14.4 Å². The molecule has 2 N–H and O–H groups in total. The van der Waals surface area contributed by atoms with Gasteiger partial charge in [-0.15, -0.1) is 0 Å². The molecule has 0 spiro atoms. The Morgan fingerprint density at radius 2 is 1.15 bits per heavy atom. The molecule has 0 bridgehead atoms. The quantitative estimate of drug-likeness (QED) is 0.195. The van der Waals surface area contributed by atoms with Gasteiger partial charge in [-0.2, -0.15) is 0 Å². The van der Waals surface area contributed by atoms with Crippen molar-refractivity contribution in [3.05, 3.63) is 0 Å². The van der Waals surface area contributed by atoms with Crippen molar-refractivity contribution in [2.24, 2.45) is 40.4 Å². The van der Waals surface area contributed by atoms with Gasteiger partial charge in [0.15, 0.2) is 0 Å². The van der Waals surface area contributed by atoms with Crippen LogP contribution in [0, 0.1) is 40.4 Å². The number of rotatable bonds is 12. The normalized spacial score (nSPS) is 28.0. The van der Waals surface area contributed by atoms with Crippen molar-refractivity contribution >= 4 is 17.9 Å². The van der Waals surface area contributed by atoms with Gasteiger partial charge in [-0.05, 0) is 73.5 Å². The van der Waals surface area contributed by atoms with E-state index in [0.717, 1.165) is 19.3 Å². The zero-order valence-electron chi connectivity index (χ0n) is 25.2. The van der Waals surface area contributed by atoms with E-state index in [4.69, 9.17) is 19.3 Å². The highest BCUT2D eigenvalue weighted by atomic mass is 16.5. The van der Waals surface area contributed by atoms with Crippen LogP contribution in [-0.4, -0.2) is 60.7 Å². The van der Waals surface area contributed by atoms with Crippen LogP contribution in [-0.2, 0) is 28.6 Å². The maximum atomic E-state index is 12.4. The molecule has 0 aliphatic heterocycles. The Bertz CT molecular complexity index is 748. The van der Waals surface area contributed by atoms with Gasteiger partial charge in [0.25, 0.3) is 0 Å². The molecule has 226 valence electrons. The molecule has 2 saturated carbocycles. The average molecular weight is 555 g/mol. The predicted octanol–water partition coefficient (Wildman–Crippen LogP) is 5.07. The molecule has 0 saturated heterocycles. The number of hydrogen-bond donors (Lipinski definition) is 2. The molecule has 2 aliphatic carbocycles. The van der Waals surface area contributed by atoms with Crippen LogP contribution in [0.5, 0.6) is 0 Å². The van der Waals surface area contributed by atoms with Crippen LogP contribution in [0.4, 0.5) is 0 Å². The number of aliphatic hydroxyl groups excluding tert-OH is 2. The third-order valence-corrected chi connectivity index (χ3v) is 8.72. The Kier molecular flexibility index (Phi) is 13.2. The Labute approximate surface area is 235 Å². The van der Waals surface area contributed by atoms with E-state index in [1.54, 1.807) is 0 Å². The molecule has 0 heterocycles. The summed E-state index contributed by atoms with van der Waals surface area (Å²) in [5.74, 6) is -0.347. The summed E-state index contributed by atoms with van der Waals surface area (Å²) < 4.78 is 16.0. The van der Waals surface area contributed by atoms with E-state index in [9.17, 15) is 19.5 Å². The van der Waals surface area contributed by atoms with Crippen molar-refractivity contribution in [2.45, 2.75) is 112 Å². The highest BCUT2D eigenvalue weighted by Crippen LogP contribution is 2.49. The van der Waals surface area contributed by atoms with Crippen LogP contribution in [0.2, 0.25) is 0 Å². The van der Waals surface area contributed by atoms with Crippen molar-refractivity contribution in [1.82, 2.24) is 0 Å². The lowest BCUT2D eigenvalue weighted by Crippen LogP contribution is -2.47. The first-order chi connectivity index (χ1) is 18.2. The Morgan fingerprint density at radius 1 is 0.718 bits per heavy atom. The highest BCUT2D eigenvalue weighted by Gasteiger charge is 2.45. The van der Waals surface area contributed by atoms with E-state index in [1.165, 1.54) is 0 Å². The molecule has 0 aromatic carbocycles. The minimum absolute atomic E-state index is 0.00529. The van der Waals surface area contributed by atoms with Crippen molar-refractivity contribution in [3.63, 3.8) is 0 Å². The Morgan fingerprint density at radius 3 is 1.59 bits per heavy atom. The zero-order chi connectivity index (χ0) is 29.2. The summed E-state index contributed by atoms with van der Waals surface area (Å²) in [7, 11) is 0. The van der Waals surface area contributed by atoms with E-state index in [-0.39, 0.29) is 84.9 Å². The van der Waals surface area contributed by atoms with Crippen LogP contribution in [0.3, 0.4) is 0 Å². The zero-order valence-corrected chi connectivity index (χ0v) is 25.2. The lowest BCUT2D eigenvalue weighted by molar-refractivity contribution is -0.156. The maximum absolute atomic E-state index is 12.4. The van der Waals surface area contributed by atoms with E-state index >= 15 is 0 Å². The Hall–Kier alpha value is -1.67. The predicted molar refractivity (Wildman–Crippen MR) is 148 cm³/mol. The van der Waals surface area contributed by atoms with E-state index in [0.29, 0.717) is 50.9 Å². The third-order valence-electron chi connectivity index (χ3n) is 8.72. The lowest BCUT2D eigenvalue weighted by Gasteiger charge is -2.49. The molecular weight excluding hydrogens is 500 g/mol. The summed E-state index contributed by atoms with van der Waals surface area (Å²) in [5.41, 5.74) is 0.0106. The molecule has 0 amide bonds. The van der Waals surface area contributed by atoms with Crippen LogP contribution < -0.4 is 0 Å². The van der Waals surface area contributed by atoms with E-state index < -0.39 is 0 Å². The monoisotopic (exact) mass is 554 g/mol. The second-order valence-corrected chi connectivity index (χ2v) is 13.8. The summed E-state index contributed by atoms with van der Waals surface area (Å²) in [4.78, 5) is 36.8. The van der Waals surface area contributed by atoms with Gasteiger partial charge in [0.05, 0.1) is 37.8 Å². The molecule has 39 heavy (non-hydrogen) atoms. The molecule has 8 heteroatoms. The van der Waals surface area contributed by atoms with E-state index in [1.807, 2.05) is 0 Å². The van der Waals surface area contributed by atoms with Gasteiger partial charge in [0.1, 0.15) is 0 Å². The molecule has 0 radical (unpaired) electrons. The largest absolute Gasteiger partial charge is 0.466 e. The minimum Gasteiger partial charge on any atom is -0.466 e. The van der Waals surface area contributed by atoms with Crippen LogP contribution in [0.1, 0.15) is 106 Å². The minimum atomic E-state index is -0.329. The molecule has 8 nitrogen and oxygen atoms in total. The van der Waals surface area contributed by atoms with Crippen LogP contribution in [0.25, 0.3) is 0 Å². The number of aliphatic hydroxyl groups is 2. The molecule has 2 rings (SSSR count). The maximum Gasteiger partial charge on any atom is 0.308 e. The molecule has 2 unspecified atom stereocenters. The van der Waals surface area contributed by atoms with Gasteiger partial charge >= 0.3 is 17.9 Å². The van der Waals surface area contributed by atoms with Crippen LogP contribution in [0.15, 0.2) is 0 Å². The van der Waals surface area contributed by atoms with Gasteiger partial charge < -0.3 is 24.4 Å². The fourth-order valence-electron chi connectivity index (χ4n) is 6.19. The topological polar surface area (TPSA) is 119 Å².